The molecular weight excluding hydrogens is 368 g/mol. The summed E-state index contributed by atoms with van der Waals surface area (Å²) in [6.45, 7) is 2.34. The van der Waals surface area contributed by atoms with Gasteiger partial charge in [0.15, 0.2) is 0 Å². The van der Waals surface area contributed by atoms with Crippen LogP contribution in [0.25, 0.3) is 16.3 Å². The molecule has 0 N–H and O–H groups in total. The molecule has 1 amide bonds. The Morgan fingerprint density at radius 3 is 2.61 bits per heavy atom. The molecule has 0 spiro atoms. The Bertz CT molecular complexity index is 1090. The van der Waals surface area contributed by atoms with E-state index >= 15 is 0 Å². The zero-order valence-electron chi connectivity index (χ0n) is 15.7. The van der Waals surface area contributed by atoms with Crippen molar-refractivity contribution in [3.05, 3.63) is 89.2 Å². The number of carbonyl (C=O) groups excluding carboxylic acids is 1. The Kier molecular flexibility index (Phi) is 5.04. The molecule has 3 aromatic heterocycles. The molecule has 0 aliphatic carbocycles. The second-order valence-corrected chi connectivity index (χ2v) is 7.53. The van der Waals surface area contributed by atoms with E-state index in [-0.39, 0.29) is 5.91 Å². The van der Waals surface area contributed by atoms with Gasteiger partial charge in [0.1, 0.15) is 11.4 Å². The number of rotatable bonds is 5. The van der Waals surface area contributed by atoms with Gasteiger partial charge in [0.2, 0.25) is 0 Å². The highest BCUT2D eigenvalue weighted by atomic mass is 32.1. The van der Waals surface area contributed by atoms with Crippen molar-refractivity contribution >= 4 is 17.2 Å². The Labute approximate surface area is 167 Å². The third kappa shape index (κ3) is 3.73. The van der Waals surface area contributed by atoms with Gasteiger partial charge in [-0.25, -0.2) is 9.67 Å². The van der Waals surface area contributed by atoms with Gasteiger partial charge in [-0.3, -0.25) is 4.79 Å². The van der Waals surface area contributed by atoms with Crippen molar-refractivity contribution in [3.8, 4) is 16.3 Å². The van der Waals surface area contributed by atoms with Crippen LogP contribution in [0, 0.1) is 6.92 Å². The van der Waals surface area contributed by atoms with Crippen LogP contribution in [0.2, 0.25) is 0 Å². The first-order valence-corrected chi connectivity index (χ1v) is 9.87. The van der Waals surface area contributed by atoms with Gasteiger partial charge in [0.05, 0.1) is 10.6 Å². The molecule has 28 heavy (non-hydrogen) atoms. The van der Waals surface area contributed by atoms with E-state index in [0.29, 0.717) is 12.2 Å². The fourth-order valence-corrected chi connectivity index (χ4v) is 3.79. The van der Waals surface area contributed by atoms with Crippen LogP contribution in [0.15, 0.2) is 72.2 Å². The van der Waals surface area contributed by atoms with Gasteiger partial charge in [-0.2, -0.15) is 5.10 Å². The molecule has 0 fully saturated rings. The van der Waals surface area contributed by atoms with E-state index in [1.54, 1.807) is 29.4 Å². The smallest absolute Gasteiger partial charge is 0.272 e. The molecule has 0 aliphatic rings. The highest BCUT2D eigenvalue weighted by Gasteiger charge is 2.19. The van der Waals surface area contributed by atoms with Gasteiger partial charge in [-0.15, -0.1) is 11.3 Å². The molecule has 4 aromatic rings. The number of thiophene rings is 1. The largest absolute Gasteiger partial charge is 0.336 e. The quantitative estimate of drug-likeness (QED) is 0.503. The van der Waals surface area contributed by atoms with Crippen molar-refractivity contribution in [1.29, 1.82) is 0 Å². The summed E-state index contributed by atoms with van der Waals surface area (Å²) in [7, 11) is 1.80. The van der Waals surface area contributed by atoms with Crippen LogP contribution in [0.1, 0.15) is 21.7 Å². The fourth-order valence-electron chi connectivity index (χ4n) is 3.04. The molecule has 5 nitrogen and oxygen atoms in total. The maximum atomic E-state index is 12.8. The molecule has 1 aromatic carbocycles. The second-order valence-electron chi connectivity index (χ2n) is 6.59. The number of para-hydroxylation sites is 1. The third-order valence-electron chi connectivity index (χ3n) is 4.43. The molecular formula is C22H20N4OS. The van der Waals surface area contributed by atoms with E-state index < -0.39 is 0 Å². The lowest BCUT2D eigenvalue weighted by Gasteiger charge is -2.16. The minimum atomic E-state index is -0.103. The van der Waals surface area contributed by atoms with Crippen molar-refractivity contribution in [3.63, 3.8) is 0 Å². The summed E-state index contributed by atoms with van der Waals surface area (Å²) in [6.07, 6.45) is 2.00. The van der Waals surface area contributed by atoms with E-state index in [2.05, 4.69) is 11.1 Å². The molecule has 0 unspecified atom stereocenters. The van der Waals surface area contributed by atoms with Crippen molar-refractivity contribution < 1.29 is 4.79 Å². The maximum Gasteiger partial charge on any atom is 0.272 e. The van der Waals surface area contributed by atoms with Crippen LogP contribution in [0.5, 0.6) is 0 Å². The van der Waals surface area contributed by atoms with Gasteiger partial charge in [0, 0.05) is 31.0 Å². The van der Waals surface area contributed by atoms with Gasteiger partial charge in [-0.1, -0.05) is 30.3 Å². The van der Waals surface area contributed by atoms with Crippen LogP contribution >= 0.6 is 11.3 Å². The molecule has 140 valence electrons. The minimum Gasteiger partial charge on any atom is -0.336 e. The number of aryl methyl sites for hydroxylation is 1. The number of hydrogen-bond acceptors (Lipinski definition) is 4. The number of pyridine rings is 1. The van der Waals surface area contributed by atoms with Crippen molar-refractivity contribution in [2.75, 3.05) is 7.05 Å². The molecule has 0 radical (unpaired) electrons. The molecule has 6 heteroatoms. The third-order valence-corrected chi connectivity index (χ3v) is 5.30. The van der Waals surface area contributed by atoms with Gasteiger partial charge in [-0.05, 0) is 42.6 Å². The van der Waals surface area contributed by atoms with E-state index in [0.717, 1.165) is 27.5 Å². The molecule has 0 saturated heterocycles. The van der Waals surface area contributed by atoms with Crippen LogP contribution in [-0.4, -0.2) is 32.6 Å². The highest BCUT2D eigenvalue weighted by Crippen LogP contribution is 2.28. The summed E-state index contributed by atoms with van der Waals surface area (Å²) in [6, 6.07) is 19.5. The predicted molar refractivity (Wildman–Crippen MR) is 112 cm³/mol. The fraction of sp³-hybridized carbons (Fsp3) is 0.136. The lowest BCUT2D eigenvalue weighted by molar-refractivity contribution is 0.0779. The lowest BCUT2D eigenvalue weighted by atomic mass is 10.2. The number of benzene rings is 1. The van der Waals surface area contributed by atoms with Crippen LogP contribution in [0.3, 0.4) is 0 Å². The second kappa shape index (κ2) is 7.78. The van der Waals surface area contributed by atoms with E-state index in [4.69, 9.17) is 5.10 Å². The zero-order valence-corrected chi connectivity index (χ0v) is 16.6. The van der Waals surface area contributed by atoms with Gasteiger partial charge in [0.25, 0.3) is 5.91 Å². The first-order chi connectivity index (χ1) is 13.6. The highest BCUT2D eigenvalue weighted by molar-refractivity contribution is 7.13. The van der Waals surface area contributed by atoms with E-state index in [1.807, 2.05) is 71.7 Å². The average Bonchev–Trinajstić information content (AvgIpc) is 3.38. The van der Waals surface area contributed by atoms with Gasteiger partial charge < -0.3 is 4.90 Å². The number of carbonyl (C=O) groups is 1. The SMILES string of the molecule is Cc1cccc(C(=O)N(C)Cc2cn(-c3ccccc3)nc2-c2cccs2)n1. The summed E-state index contributed by atoms with van der Waals surface area (Å²) < 4.78 is 1.87. The average molecular weight is 388 g/mol. The minimum absolute atomic E-state index is 0.103. The normalized spacial score (nSPS) is 10.8. The monoisotopic (exact) mass is 388 g/mol. The number of hydrogen-bond donors (Lipinski definition) is 0. The number of amides is 1. The lowest BCUT2D eigenvalue weighted by Crippen LogP contribution is -2.27. The molecule has 3 heterocycles. The van der Waals surface area contributed by atoms with E-state index in [9.17, 15) is 4.79 Å². The predicted octanol–water partition coefficient (Wildman–Crippen LogP) is 4.58. The van der Waals surface area contributed by atoms with Crippen molar-refractivity contribution in [2.24, 2.45) is 0 Å². The molecule has 0 aliphatic heterocycles. The summed E-state index contributed by atoms with van der Waals surface area (Å²) >= 11 is 1.64. The first kappa shape index (κ1) is 18.1. The van der Waals surface area contributed by atoms with Crippen LogP contribution < -0.4 is 0 Å². The zero-order chi connectivity index (χ0) is 19.5. The molecule has 4 rings (SSSR count). The van der Waals surface area contributed by atoms with Crippen LogP contribution in [-0.2, 0) is 6.54 Å². The molecule has 0 bridgehead atoms. The Hall–Kier alpha value is -3.25. The van der Waals surface area contributed by atoms with Gasteiger partial charge >= 0.3 is 0 Å². The number of aromatic nitrogens is 3. The Morgan fingerprint density at radius 1 is 1.07 bits per heavy atom. The molecule has 0 atom stereocenters. The topological polar surface area (TPSA) is 51.0 Å². The van der Waals surface area contributed by atoms with Crippen molar-refractivity contribution in [1.82, 2.24) is 19.7 Å². The summed E-state index contributed by atoms with van der Waals surface area (Å²) in [5.74, 6) is -0.103. The summed E-state index contributed by atoms with van der Waals surface area (Å²) in [5, 5.41) is 6.83. The van der Waals surface area contributed by atoms with Crippen molar-refractivity contribution in [2.45, 2.75) is 13.5 Å². The van der Waals surface area contributed by atoms with E-state index in [1.165, 1.54) is 0 Å². The standard InChI is InChI=1S/C22H20N4OS/c1-16-8-6-11-19(23-16)22(27)25(2)14-17-15-26(18-9-4-3-5-10-18)24-21(17)20-12-7-13-28-20/h3-13,15H,14H2,1-2H3. The Balaban J connectivity index is 1.66. The maximum absolute atomic E-state index is 12.8. The molecule has 0 saturated carbocycles. The summed E-state index contributed by atoms with van der Waals surface area (Å²) in [5.41, 5.74) is 4.16. The Morgan fingerprint density at radius 2 is 1.89 bits per heavy atom. The summed E-state index contributed by atoms with van der Waals surface area (Å²) in [4.78, 5) is 19.9. The first-order valence-electron chi connectivity index (χ1n) is 8.99. The number of nitrogens with zero attached hydrogens (tertiary/aromatic N) is 4. The van der Waals surface area contributed by atoms with Crippen LogP contribution in [0.4, 0.5) is 0 Å².